The number of nitrogens with zero attached hydrogens (tertiary/aromatic N) is 2. The third-order valence-electron chi connectivity index (χ3n) is 5.98. The standard InChI is InChI=1S/C20H23N3O4/c1-27-17-5-3-2-4-14(17)10-21-11-15-18(24)22-20(26)23(19(15)25)16-9-12-6-7-13(16)8-12/h2-5,11-13,15-16H,6-10H2,1H3,(H,22,24,26)/t12-,13-,15+,16-/m0/s1. The van der Waals surface area contributed by atoms with Crippen molar-refractivity contribution in [2.75, 3.05) is 7.11 Å². The van der Waals surface area contributed by atoms with Crippen LogP contribution in [0.2, 0.25) is 0 Å². The second-order valence-corrected chi connectivity index (χ2v) is 7.52. The minimum atomic E-state index is -1.06. The molecule has 1 aromatic carbocycles. The second-order valence-electron chi connectivity index (χ2n) is 7.52. The molecule has 1 heterocycles. The number of para-hydroxylation sites is 1. The van der Waals surface area contributed by atoms with Crippen molar-refractivity contribution in [1.29, 1.82) is 0 Å². The first-order valence-corrected chi connectivity index (χ1v) is 9.38. The minimum Gasteiger partial charge on any atom is -0.496 e. The predicted molar refractivity (Wildman–Crippen MR) is 98.3 cm³/mol. The lowest BCUT2D eigenvalue weighted by molar-refractivity contribution is -0.141. The summed E-state index contributed by atoms with van der Waals surface area (Å²) >= 11 is 0. The summed E-state index contributed by atoms with van der Waals surface area (Å²) in [4.78, 5) is 43.0. The number of carbonyl (C=O) groups is 3. The van der Waals surface area contributed by atoms with E-state index in [2.05, 4.69) is 10.3 Å². The molecule has 2 bridgehead atoms. The van der Waals surface area contributed by atoms with Gasteiger partial charge in [-0.3, -0.25) is 24.8 Å². The van der Waals surface area contributed by atoms with Crippen LogP contribution in [0.15, 0.2) is 29.3 Å². The van der Waals surface area contributed by atoms with Crippen LogP contribution in [0.4, 0.5) is 4.79 Å². The summed E-state index contributed by atoms with van der Waals surface area (Å²) in [5.41, 5.74) is 0.862. The highest BCUT2D eigenvalue weighted by Gasteiger charge is 2.50. The van der Waals surface area contributed by atoms with Crippen molar-refractivity contribution in [1.82, 2.24) is 10.2 Å². The Morgan fingerprint density at radius 2 is 2.04 bits per heavy atom. The van der Waals surface area contributed by atoms with Crippen molar-refractivity contribution < 1.29 is 19.1 Å². The van der Waals surface area contributed by atoms with Crippen molar-refractivity contribution in [2.45, 2.75) is 38.3 Å². The molecule has 2 saturated carbocycles. The molecule has 4 rings (SSSR count). The van der Waals surface area contributed by atoms with Crippen molar-refractivity contribution in [2.24, 2.45) is 22.7 Å². The molecular formula is C20H23N3O4. The molecule has 7 nitrogen and oxygen atoms in total. The number of fused-ring (bicyclic) bond motifs is 2. The summed E-state index contributed by atoms with van der Waals surface area (Å²) in [6.07, 6.45) is 5.50. The number of hydrogen-bond donors (Lipinski definition) is 1. The first-order valence-electron chi connectivity index (χ1n) is 9.38. The number of imide groups is 2. The summed E-state index contributed by atoms with van der Waals surface area (Å²) in [5.74, 6) is -0.456. The van der Waals surface area contributed by atoms with E-state index in [9.17, 15) is 14.4 Å². The van der Waals surface area contributed by atoms with E-state index in [4.69, 9.17) is 4.74 Å². The molecule has 1 N–H and O–H groups in total. The third kappa shape index (κ3) is 3.22. The van der Waals surface area contributed by atoms with Gasteiger partial charge in [0.05, 0.1) is 13.7 Å². The van der Waals surface area contributed by atoms with Crippen LogP contribution in [0, 0.1) is 17.8 Å². The lowest BCUT2D eigenvalue weighted by atomic mass is 9.92. The van der Waals surface area contributed by atoms with Gasteiger partial charge < -0.3 is 4.74 Å². The van der Waals surface area contributed by atoms with Gasteiger partial charge in [0.1, 0.15) is 5.75 Å². The van der Waals surface area contributed by atoms with Crippen molar-refractivity contribution >= 4 is 24.1 Å². The topological polar surface area (TPSA) is 88.1 Å². The number of rotatable bonds is 5. The Hall–Kier alpha value is -2.70. The quantitative estimate of drug-likeness (QED) is 0.636. The molecule has 1 saturated heterocycles. The number of hydrogen-bond acceptors (Lipinski definition) is 5. The molecule has 2 aliphatic carbocycles. The monoisotopic (exact) mass is 369 g/mol. The summed E-state index contributed by atoms with van der Waals surface area (Å²) in [7, 11) is 1.58. The lowest BCUT2D eigenvalue weighted by Crippen LogP contribution is -2.62. The van der Waals surface area contributed by atoms with Gasteiger partial charge in [-0.05, 0) is 37.2 Å². The number of ether oxygens (including phenoxy) is 1. The van der Waals surface area contributed by atoms with Crippen LogP contribution in [0.1, 0.15) is 31.2 Å². The minimum absolute atomic E-state index is 0.0885. The lowest BCUT2D eigenvalue weighted by Gasteiger charge is -2.36. The van der Waals surface area contributed by atoms with Gasteiger partial charge in [0.15, 0.2) is 5.92 Å². The first kappa shape index (κ1) is 17.7. The number of nitrogens with one attached hydrogen (secondary N) is 1. The summed E-state index contributed by atoms with van der Waals surface area (Å²) in [6.45, 7) is 0.295. The van der Waals surface area contributed by atoms with Crippen LogP contribution in [-0.2, 0) is 16.1 Å². The Morgan fingerprint density at radius 3 is 2.74 bits per heavy atom. The van der Waals surface area contributed by atoms with E-state index in [-0.39, 0.29) is 6.04 Å². The van der Waals surface area contributed by atoms with Crippen LogP contribution < -0.4 is 10.1 Å². The first-order chi connectivity index (χ1) is 13.1. The van der Waals surface area contributed by atoms with Crippen LogP contribution in [-0.4, -0.2) is 42.1 Å². The highest BCUT2D eigenvalue weighted by molar-refractivity contribution is 6.23. The molecule has 7 heteroatoms. The normalized spacial score (nSPS) is 30.3. The van der Waals surface area contributed by atoms with Gasteiger partial charge in [-0.2, -0.15) is 0 Å². The van der Waals surface area contributed by atoms with Gasteiger partial charge in [0, 0.05) is 17.8 Å². The van der Waals surface area contributed by atoms with Gasteiger partial charge in [-0.1, -0.05) is 24.6 Å². The molecule has 1 aliphatic heterocycles. The maximum atomic E-state index is 12.9. The van der Waals surface area contributed by atoms with Crippen LogP contribution in [0.25, 0.3) is 0 Å². The molecule has 0 spiro atoms. The van der Waals surface area contributed by atoms with E-state index in [0.29, 0.717) is 24.1 Å². The highest BCUT2D eigenvalue weighted by atomic mass is 16.5. The molecule has 4 atom stereocenters. The Bertz CT molecular complexity index is 806. The maximum Gasteiger partial charge on any atom is 0.331 e. The van der Waals surface area contributed by atoms with Crippen molar-refractivity contribution in [3.05, 3.63) is 29.8 Å². The van der Waals surface area contributed by atoms with Gasteiger partial charge in [0.25, 0.3) is 0 Å². The average molecular weight is 369 g/mol. The Balaban J connectivity index is 1.49. The number of aliphatic imine (C=N–C) groups is 1. The highest BCUT2D eigenvalue weighted by Crippen LogP contribution is 2.47. The maximum absolute atomic E-state index is 12.9. The van der Waals surface area contributed by atoms with Crippen LogP contribution in [0.3, 0.4) is 0 Å². The summed E-state index contributed by atoms with van der Waals surface area (Å²) < 4.78 is 5.28. The third-order valence-corrected chi connectivity index (χ3v) is 5.98. The van der Waals surface area contributed by atoms with Gasteiger partial charge in [0.2, 0.25) is 11.8 Å². The van der Waals surface area contributed by atoms with Crippen molar-refractivity contribution in [3.63, 3.8) is 0 Å². The summed E-state index contributed by atoms with van der Waals surface area (Å²) in [6, 6.07) is 6.78. The number of amides is 4. The van der Waals surface area contributed by atoms with E-state index in [0.717, 1.165) is 24.8 Å². The number of carbonyl (C=O) groups excluding carboxylic acids is 3. The molecule has 27 heavy (non-hydrogen) atoms. The van der Waals surface area contributed by atoms with E-state index < -0.39 is 23.8 Å². The zero-order valence-electron chi connectivity index (χ0n) is 15.3. The van der Waals surface area contributed by atoms with Crippen molar-refractivity contribution in [3.8, 4) is 5.75 Å². The van der Waals surface area contributed by atoms with Crippen LogP contribution in [0.5, 0.6) is 5.75 Å². The van der Waals surface area contributed by atoms with Gasteiger partial charge in [-0.25, -0.2) is 4.79 Å². The zero-order valence-corrected chi connectivity index (χ0v) is 15.3. The number of methoxy groups -OCH3 is 1. The molecule has 4 amide bonds. The number of urea groups is 1. The molecule has 142 valence electrons. The number of benzene rings is 1. The van der Waals surface area contributed by atoms with Gasteiger partial charge in [-0.15, -0.1) is 0 Å². The fourth-order valence-electron chi connectivity index (χ4n) is 4.67. The Labute approximate surface area is 157 Å². The molecular weight excluding hydrogens is 346 g/mol. The largest absolute Gasteiger partial charge is 0.496 e. The SMILES string of the molecule is COc1ccccc1CN=C[C@@H]1C(=O)NC(=O)N([C@H]2C[C@H]3CC[C@H]2C3)C1=O. The fraction of sp³-hybridized carbons (Fsp3) is 0.500. The van der Waals surface area contributed by atoms with Gasteiger partial charge >= 0.3 is 6.03 Å². The second kappa shape index (κ2) is 7.13. The summed E-state index contributed by atoms with van der Waals surface area (Å²) in [5, 5.41) is 2.33. The Morgan fingerprint density at radius 1 is 1.22 bits per heavy atom. The van der Waals surface area contributed by atoms with E-state index in [1.807, 2.05) is 24.3 Å². The number of barbiturate groups is 1. The fourth-order valence-corrected chi connectivity index (χ4v) is 4.67. The molecule has 3 aliphatic rings. The average Bonchev–Trinajstić information content (AvgIpc) is 3.28. The molecule has 1 aromatic rings. The Kier molecular flexibility index (Phi) is 4.68. The molecule has 0 radical (unpaired) electrons. The predicted octanol–water partition coefficient (Wildman–Crippen LogP) is 2.15. The molecule has 3 fully saturated rings. The van der Waals surface area contributed by atoms with E-state index in [1.54, 1.807) is 7.11 Å². The van der Waals surface area contributed by atoms with E-state index >= 15 is 0 Å². The van der Waals surface area contributed by atoms with Crippen LogP contribution >= 0.6 is 0 Å². The molecule has 0 unspecified atom stereocenters. The zero-order chi connectivity index (χ0) is 19.0. The van der Waals surface area contributed by atoms with E-state index in [1.165, 1.54) is 17.5 Å². The smallest absolute Gasteiger partial charge is 0.331 e. The molecule has 0 aromatic heterocycles.